The minimum Gasteiger partial charge on any atom is -0.441 e. The topological polar surface area (TPSA) is 38.1 Å². The van der Waals surface area contributed by atoms with Crippen LogP contribution in [0.2, 0.25) is 0 Å². The molecule has 0 aliphatic rings. The standard InChI is InChI=1S/C14H20N2O/c1-10-16-12-6-5-11(9-13(12)17-10)7-8-15-14(2,3)4/h5-6,9,15H,7-8H2,1-4H3. The molecule has 0 unspecified atom stereocenters. The molecule has 0 saturated carbocycles. The second-order valence-corrected chi connectivity index (χ2v) is 5.46. The summed E-state index contributed by atoms with van der Waals surface area (Å²) in [5.41, 5.74) is 3.28. The molecule has 92 valence electrons. The lowest BCUT2D eigenvalue weighted by Crippen LogP contribution is -2.37. The molecule has 0 saturated heterocycles. The minimum absolute atomic E-state index is 0.174. The molecule has 0 radical (unpaired) electrons. The molecule has 0 amide bonds. The van der Waals surface area contributed by atoms with Crippen LogP contribution in [0.3, 0.4) is 0 Å². The molecule has 3 heteroatoms. The van der Waals surface area contributed by atoms with Crippen LogP contribution in [-0.4, -0.2) is 17.1 Å². The molecule has 17 heavy (non-hydrogen) atoms. The Balaban J connectivity index is 2.04. The Morgan fingerprint density at radius 1 is 1.29 bits per heavy atom. The Bertz CT molecular complexity index is 508. The molecule has 1 aromatic carbocycles. The molecule has 0 aliphatic heterocycles. The minimum atomic E-state index is 0.174. The Hall–Kier alpha value is -1.35. The molecular weight excluding hydrogens is 212 g/mol. The van der Waals surface area contributed by atoms with Crippen LogP contribution in [0.5, 0.6) is 0 Å². The van der Waals surface area contributed by atoms with Gasteiger partial charge in [-0.15, -0.1) is 0 Å². The van der Waals surface area contributed by atoms with Crippen LogP contribution < -0.4 is 5.32 Å². The molecule has 2 aromatic rings. The number of oxazole rings is 1. The smallest absolute Gasteiger partial charge is 0.192 e. The van der Waals surface area contributed by atoms with E-state index >= 15 is 0 Å². The molecule has 0 spiro atoms. The van der Waals surface area contributed by atoms with E-state index in [4.69, 9.17) is 4.42 Å². The van der Waals surface area contributed by atoms with Crippen molar-refractivity contribution >= 4 is 11.1 Å². The third-order valence-corrected chi connectivity index (χ3v) is 2.63. The second-order valence-electron chi connectivity index (χ2n) is 5.46. The summed E-state index contributed by atoms with van der Waals surface area (Å²) in [4.78, 5) is 4.29. The third-order valence-electron chi connectivity index (χ3n) is 2.63. The van der Waals surface area contributed by atoms with E-state index in [1.54, 1.807) is 0 Å². The average molecular weight is 232 g/mol. The number of hydrogen-bond donors (Lipinski definition) is 1. The number of nitrogens with one attached hydrogen (secondary N) is 1. The van der Waals surface area contributed by atoms with Gasteiger partial charge >= 0.3 is 0 Å². The third kappa shape index (κ3) is 3.30. The summed E-state index contributed by atoms with van der Waals surface area (Å²) in [6.07, 6.45) is 1.01. The van der Waals surface area contributed by atoms with Gasteiger partial charge in [0.2, 0.25) is 0 Å². The maximum absolute atomic E-state index is 5.52. The van der Waals surface area contributed by atoms with Crippen LogP contribution in [0.1, 0.15) is 32.2 Å². The first kappa shape index (κ1) is 12.1. The van der Waals surface area contributed by atoms with Crippen LogP contribution >= 0.6 is 0 Å². The van der Waals surface area contributed by atoms with Crippen molar-refractivity contribution in [2.45, 2.75) is 39.7 Å². The number of nitrogens with zero attached hydrogens (tertiary/aromatic N) is 1. The first-order valence-electron chi connectivity index (χ1n) is 6.05. The summed E-state index contributed by atoms with van der Waals surface area (Å²) in [5, 5.41) is 3.48. The highest BCUT2D eigenvalue weighted by Crippen LogP contribution is 2.17. The number of fused-ring (bicyclic) bond motifs is 1. The van der Waals surface area contributed by atoms with Gasteiger partial charge in [-0.3, -0.25) is 0 Å². The molecule has 0 fully saturated rings. The van der Waals surface area contributed by atoms with Crippen molar-refractivity contribution in [3.05, 3.63) is 29.7 Å². The molecular formula is C14H20N2O. The lowest BCUT2D eigenvalue weighted by molar-refractivity contribution is 0.429. The second kappa shape index (κ2) is 4.49. The zero-order chi connectivity index (χ0) is 12.5. The van der Waals surface area contributed by atoms with Crippen LogP contribution in [-0.2, 0) is 6.42 Å². The summed E-state index contributed by atoms with van der Waals surface area (Å²) in [6, 6.07) is 6.23. The number of aromatic nitrogens is 1. The molecule has 2 rings (SSSR count). The van der Waals surface area contributed by atoms with Crippen molar-refractivity contribution < 1.29 is 4.42 Å². The normalized spacial score (nSPS) is 12.2. The van der Waals surface area contributed by atoms with E-state index in [1.165, 1.54) is 5.56 Å². The van der Waals surface area contributed by atoms with Gasteiger partial charge in [-0.25, -0.2) is 4.98 Å². The van der Waals surface area contributed by atoms with Crippen molar-refractivity contribution in [2.24, 2.45) is 0 Å². The molecule has 1 heterocycles. The van der Waals surface area contributed by atoms with Gasteiger partial charge in [0, 0.05) is 12.5 Å². The average Bonchev–Trinajstić information content (AvgIpc) is 2.55. The molecule has 0 aliphatic carbocycles. The van der Waals surface area contributed by atoms with Crippen molar-refractivity contribution in [1.29, 1.82) is 0 Å². The van der Waals surface area contributed by atoms with Gasteiger partial charge in [0.1, 0.15) is 5.52 Å². The van der Waals surface area contributed by atoms with Gasteiger partial charge < -0.3 is 9.73 Å². The Morgan fingerprint density at radius 2 is 2.06 bits per heavy atom. The predicted molar refractivity (Wildman–Crippen MR) is 70.2 cm³/mol. The highest BCUT2D eigenvalue weighted by molar-refractivity contribution is 5.73. The zero-order valence-electron chi connectivity index (χ0n) is 11.0. The van der Waals surface area contributed by atoms with Crippen LogP contribution in [0, 0.1) is 6.92 Å². The molecule has 1 aromatic heterocycles. The van der Waals surface area contributed by atoms with Crippen LogP contribution in [0.4, 0.5) is 0 Å². The zero-order valence-corrected chi connectivity index (χ0v) is 11.0. The Morgan fingerprint density at radius 3 is 2.76 bits per heavy atom. The molecule has 0 bridgehead atoms. The predicted octanol–water partition coefficient (Wildman–Crippen LogP) is 3.07. The summed E-state index contributed by atoms with van der Waals surface area (Å²) in [7, 11) is 0. The quantitative estimate of drug-likeness (QED) is 0.883. The highest BCUT2D eigenvalue weighted by atomic mass is 16.3. The first-order valence-corrected chi connectivity index (χ1v) is 6.05. The summed E-state index contributed by atoms with van der Waals surface area (Å²) in [5.74, 6) is 0.727. The van der Waals surface area contributed by atoms with Crippen molar-refractivity contribution in [1.82, 2.24) is 10.3 Å². The van der Waals surface area contributed by atoms with E-state index in [9.17, 15) is 0 Å². The Kier molecular flexibility index (Phi) is 3.20. The van der Waals surface area contributed by atoms with E-state index in [-0.39, 0.29) is 5.54 Å². The number of hydrogen-bond acceptors (Lipinski definition) is 3. The van der Waals surface area contributed by atoms with Crippen LogP contribution in [0.15, 0.2) is 22.6 Å². The highest BCUT2D eigenvalue weighted by Gasteiger charge is 2.08. The fourth-order valence-corrected chi connectivity index (χ4v) is 1.82. The first-order chi connectivity index (χ1) is 7.94. The van der Waals surface area contributed by atoms with Gasteiger partial charge in [0.15, 0.2) is 11.5 Å². The maximum atomic E-state index is 5.52. The van der Waals surface area contributed by atoms with E-state index in [2.05, 4.69) is 43.2 Å². The number of aryl methyl sites for hydroxylation is 1. The fourth-order valence-electron chi connectivity index (χ4n) is 1.82. The number of rotatable bonds is 3. The van der Waals surface area contributed by atoms with Crippen molar-refractivity contribution in [3.8, 4) is 0 Å². The van der Waals surface area contributed by atoms with Gasteiger partial charge in [-0.05, 0) is 51.4 Å². The van der Waals surface area contributed by atoms with Gasteiger partial charge in [-0.2, -0.15) is 0 Å². The Labute approximate surface area is 102 Å². The number of benzene rings is 1. The van der Waals surface area contributed by atoms with E-state index in [0.29, 0.717) is 0 Å². The lowest BCUT2D eigenvalue weighted by Gasteiger charge is -2.20. The van der Waals surface area contributed by atoms with Crippen molar-refractivity contribution in [3.63, 3.8) is 0 Å². The maximum Gasteiger partial charge on any atom is 0.192 e. The monoisotopic (exact) mass is 232 g/mol. The molecule has 0 atom stereocenters. The van der Waals surface area contributed by atoms with Gasteiger partial charge in [0.05, 0.1) is 0 Å². The lowest BCUT2D eigenvalue weighted by atomic mass is 10.1. The SMILES string of the molecule is Cc1nc2ccc(CCNC(C)(C)C)cc2o1. The van der Waals surface area contributed by atoms with E-state index < -0.39 is 0 Å². The summed E-state index contributed by atoms with van der Waals surface area (Å²) >= 11 is 0. The van der Waals surface area contributed by atoms with Crippen LogP contribution in [0.25, 0.3) is 11.1 Å². The van der Waals surface area contributed by atoms with E-state index in [1.807, 2.05) is 13.0 Å². The van der Waals surface area contributed by atoms with Gasteiger partial charge in [-0.1, -0.05) is 6.07 Å². The fraction of sp³-hybridized carbons (Fsp3) is 0.500. The largest absolute Gasteiger partial charge is 0.441 e. The van der Waals surface area contributed by atoms with Gasteiger partial charge in [0.25, 0.3) is 0 Å². The van der Waals surface area contributed by atoms with E-state index in [0.717, 1.165) is 30.0 Å². The summed E-state index contributed by atoms with van der Waals surface area (Å²) < 4.78 is 5.52. The summed E-state index contributed by atoms with van der Waals surface area (Å²) in [6.45, 7) is 9.38. The molecule has 3 nitrogen and oxygen atoms in total. The molecule has 1 N–H and O–H groups in total. The van der Waals surface area contributed by atoms with Crippen molar-refractivity contribution in [2.75, 3.05) is 6.54 Å².